The van der Waals surface area contributed by atoms with Crippen LogP contribution in [0.15, 0.2) is 53.7 Å². The molecule has 0 aliphatic carbocycles. The van der Waals surface area contributed by atoms with Gasteiger partial charge >= 0.3 is 0 Å². The lowest BCUT2D eigenvalue weighted by Crippen LogP contribution is -2.49. The fraction of sp³-hybridized carbons (Fsp3) is 0.360. The van der Waals surface area contributed by atoms with Crippen molar-refractivity contribution in [2.75, 3.05) is 50.5 Å². The van der Waals surface area contributed by atoms with Crippen LogP contribution in [0.2, 0.25) is 0 Å². The summed E-state index contributed by atoms with van der Waals surface area (Å²) in [6, 6.07) is 14.3. The molecule has 2 aromatic carbocycles. The molecule has 1 aliphatic heterocycles. The maximum absolute atomic E-state index is 14.5. The molecule has 0 unspecified atom stereocenters. The molecule has 0 atom stereocenters. The molecule has 3 aromatic rings. The summed E-state index contributed by atoms with van der Waals surface area (Å²) < 4.78 is 21.7. The van der Waals surface area contributed by atoms with Gasteiger partial charge < -0.3 is 14.5 Å². The van der Waals surface area contributed by atoms with Crippen molar-refractivity contribution in [3.05, 3.63) is 59.9 Å². The number of carbonyl (C=O) groups excluding carboxylic acids is 2. The number of aromatic nitrogens is 3. The number of hydrogen-bond acceptors (Lipinski definition) is 7. The molecule has 0 radical (unpaired) electrons. The number of Topliss-reactive ketones (excluding diaryl/α,β-unsaturated/α-hetero) is 1. The number of anilines is 1. The molecule has 10 heteroatoms. The van der Waals surface area contributed by atoms with Crippen molar-refractivity contribution < 1.29 is 18.7 Å². The van der Waals surface area contributed by atoms with Crippen LogP contribution in [0, 0.1) is 5.82 Å². The molecule has 8 nitrogen and oxygen atoms in total. The number of amides is 1. The maximum Gasteiger partial charge on any atom is 0.233 e. The number of halogens is 1. The van der Waals surface area contributed by atoms with Crippen LogP contribution in [-0.4, -0.2) is 77.0 Å². The quantitative estimate of drug-likeness (QED) is 0.331. The lowest BCUT2D eigenvalue weighted by atomic mass is 10.1. The van der Waals surface area contributed by atoms with Crippen molar-refractivity contribution in [1.29, 1.82) is 0 Å². The largest absolute Gasteiger partial charge is 0.383 e. The lowest BCUT2D eigenvalue weighted by Gasteiger charge is -2.36. The van der Waals surface area contributed by atoms with E-state index in [-0.39, 0.29) is 17.4 Å². The standard InChI is InChI=1S/C25H28FN5O3S/c1-18(32)20-8-9-22(21(26)16-20)29-10-12-30(13-11-29)23(33)17-35-25-28-27-24(31(25)14-15-34-2)19-6-4-3-5-7-19/h3-9,16H,10-15,17H2,1-2H3. The SMILES string of the molecule is COCCn1c(SCC(=O)N2CCN(c3ccc(C(C)=O)cc3F)CC2)nnc1-c1ccccc1. The Hall–Kier alpha value is -3.24. The molecule has 0 bridgehead atoms. The monoisotopic (exact) mass is 497 g/mol. The number of thioether (sulfide) groups is 1. The zero-order valence-corrected chi connectivity index (χ0v) is 20.6. The van der Waals surface area contributed by atoms with E-state index >= 15 is 0 Å². The molecular formula is C25H28FN5O3S. The Morgan fingerprint density at radius 1 is 1.06 bits per heavy atom. The molecule has 1 saturated heterocycles. The minimum absolute atomic E-state index is 0.00426. The first-order valence-corrected chi connectivity index (χ1v) is 12.4. The van der Waals surface area contributed by atoms with Crippen LogP contribution in [0.4, 0.5) is 10.1 Å². The molecule has 0 saturated carbocycles. The van der Waals surface area contributed by atoms with Gasteiger partial charge in [-0.3, -0.25) is 14.2 Å². The summed E-state index contributed by atoms with van der Waals surface area (Å²) >= 11 is 1.36. The third-order valence-electron chi connectivity index (χ3n) is 5.92. The van der Waals surface area contributed by atoms with Crippen molar-refractivity contribution in [3.8, 4) is 11.4 Å². The third-order valence-corrected chi connectivity index (χ3v) is 6.87. The van der Waals surface area contributed by atoms with Gasteiger partial charge in [0.05, 0.1) is 24.6 Å². The smallest absolute Gasteiger partial charge is 0.233 e. The van der Waals surface area contributed by atoms with E-state index in [2.05, 4.69) is 10.2 Å². The van der Waals surface area contributed by atoms with E-state index in [9.17, 15) is 14.0 Å². The molecule has 35 heavy (non-hydrogen) atoms. The Kier molecular flexibility index (Phi) is 8.14. The number of carbonyl (C=O) groups is 2. The first-order chi connectivity index (χ1) is 17.0. The van der Waals surface area contributed by atoms with Crippen LogP contribution < -0.4 is 4.90 Å². The van der Waals surface area contributed by atoms with E-state index in [0.717, 1.165) is 11.4 Å². The van der Waals surface area contributed by atoms with Crippen LogP contribution in [-0.2, 0) is 16.1 Å². The number of hydrogen-bond donors (Lipinski definition) is 0. The van der Waals surface area contributed by atoms with Crippen LogP contribution in [0.25, 0.3) is 11.4 Å². The maximum atomic E-state index is 14.5. The lowest BCUT2D eigenvalue weighted by molar-refractivity contribution is -0.128. The summed E-state index contributed by atoms with van der Waals surface area (Å²) in [5.74, 6) is 0.394. The number of piperazine rings is 1. The molecule has 2 heterocycles. The van der Waals surface area contributed by atoms with Crippen molar-refractivity contribution in [3.63, 3.8) is 0 Å². The van der Waals surface area contributed by atoms with Gasteiger partial charge in [-0.1, -0.05) is 42.1 Å². The topological polar surface area (TPSA) is 80.6 Å². The van der Waals surface area contributed by atoms with Gasteiger partial charge in [0.2, 0.25) is 5.91 Å². The van der Waals surface area contributed by atoms with E-state index in [1.807, 2.05) is 39.8 Å². The summed E-state index contributed by atoms with van der Waals surface area (Å²) in [6.45, 7) is 4.54. The van der Waals surface area contributed by atoms with Crippen LogP contribution >= 0.6 is 11.8 Å². The first-order valence-electron chi connectivity index (χ1n) is 11.4. The number of nitrogens with zero attached hydrogens (tertiary/aromatic N) is 5. The molecular weight excluding hydrogens is 469 g/mol. The van der Waals surface area contributed by atoms with Gasteiger partial charge in [-0.2, -0.15) is 0 Å². The Bertz CT molecular complexity index is 1180. The number of methoxy groups -OCH3 is 1. The minimum atomic E-state index is -0.419. The Labute approximate surface area is 208 Å². The van der Waals surface area contributed by atoms with Gasteiger partial charge in [0.25, 0.3) is 0 Å². The highest BCUT2D eigenvalue weighted by atomic mass is 32.2. The molecule has 1 aliphatic rings. The summed E-state index contributed by atoms with van der Waals surface area (Å²) in [4.78, 5) is 28.1. The van der Waals surface area contributed by atoms with E-state index in [0.29, 0.717) is 55.7 Å². The summed E-state index contributed by atoms with van der Waals surface area (Å²) in [5.41, 5.74) is 1.76. The number of ketones is 1. The second kappa shape index (κ2) is 11.5. The van der Waals surface area contributed by atoms with Gasteiger partial charge in [-0.25, -0.2) is 4.39 Å². The molecule has 184 valence electrons. The van der Waals surface area contributed by atoms with Gasteiger partial charge in [-0.15, -0.1) is 10.2 Å². The predicted molar refractivity (Wildman–Crippen MR) is 133 cm³/mol. The van der Waals surface area contributed by atoms with Crippen molar-refractivity contribution >= 4 is 29.1 Å². The minimum Gasteiger partial charge on any atom is -0.383 e. The average molecular weight is 498 g/mol. The van der Waals surface area contributed by atoms with Crippen LogP contribution in [0.3, 0.4) is 0 Å². The Balaban J connectivity index is 1.36. The second-order valence-electron chi connectivity index (χ2n) is 8.20. The second-order valence-corrected chi connectivity index (χ2v) is 9.14. The average Bonchev–Trinajstić information content (AvgIpc) is 3.29. The fourth-order valence-corrected chi connectivity index (χ4v) is 4.84. The predicted octanol–water partition coefficient (Wildman–Crippen LogP) is 3.37. The summed E-state index contributed by atoms with van der Waals surface area (Å²) in [7, 11) is 1.64. The van der Waals surface area contributed by atoms with Crippen molar-refractivity contribution in [2.24, 2.45) is 0 Å². The third kappa shape index (κ3) is 5.88. The molecule has 1 aromatic heterocycles. The zero-order chi connectivity index (χ0) is 24.8. The number of ether oxygens (including phenoxy) is 1. The van der Waals surface area contributed by atoms with Gasteiger partial charge in [-0.05, 0) is 25.1 Å². The highest BCUT2D eigenvalue weighted by molar-refractivity contribution is 7.99. The molecule has 4 rings (SSSR count). The molecule has 0 N–H and O–H groups in total. The fourth-order valence-electron chi connectivity index (χ4n) is 3.98. The Morgan fingerprint density at radius 2 is 1.80 bits per heavy atom. The normalized spacial score (nSPS) is 13.8. The number of rotatable bonds is 9. The summed E-state index contributed by atoms with van der Waals surface area (Å²) in [6.07, 6.45) is 0. The van der Waals surface area contributed by atoms with Crippen LogP contribution in [0.1, 0.15) is 17.3 Å². The van der Waals surface area contributed by atoms with Gasteiger partial charge in [0.1, 0.15) is 5.82 Å². The van der Waals surface area contributed by atoms with Crippen LogP contribution in [0.5, 0.6) is 0 Å². The highest BCUT2D eigenvalue weighted by Gasteiger charge is 2.24. The number of benzene rings is 2. The zero-order valence-electron chi connectivity index (χ0n) is 19.8. The van der Waals surface area contributed by atoms with E-state index in [1.165, 1.54) is 24.8 Å². The van der Waals surface area contributed by atoms with Gasteiger partial charge in [0, 0.05) is 44.4 Å². The van der Waals surface area contributed by atoms with Gasteiger partial charge in [0.15, 0.2) is 16.8 Å². The summed E-state index contributed by atoms with van der Waals surface area (Å²) in [5, 5.41) is 9.33. The van der Waals surface area contributed by atoms with E-state index in [4.69, 9.17) is 4.74 Å². The van der Waals surface area contributed by atoms with Crippen molar-refractivity contribution in [2.45, 2.75) is 18.6 Å². The van der Waals surface area contributed by atoms with E-state index in [1.54, 1.807) is 24.1 Å². The Morgan fingerprint density at radius 3 is 2.46 bits per heavy atom. The molecule has 0 spiro atoms. The molecule has 1 fully saturated rings. The van der Waals surface area contributed by atoms with E-state index < -0.39 is 5.82 Å². The highest BCUT2D eigenvalue weighted by Crippen LogP contribution is 2.25. The van der Waals surface area contributed by atoms with Crippen molar-refractivity contribution in [1.82, 2.24) is 19.7 Å². The molecule has 1 amide bonds. The first kappa shape index (κ1) is 24.9.